The molecular formula is C35H39F2N7O3S. The number of aromatic nitrogens is 2. The van der Waals surface area contributed by atoms with Gasteiger partial charge < -0.3 is 29.7 Å². The Morgan fingerprint density at radius 1 is 1.08 bits per heavy atom. The second kappa shape index (κ2) is 12.7. The molecule has 2 bridgehead atoms. The van der Waals surface area contributed by atoms with Gasteiger partial charge in [0.05, 0.1) is 24.2 Å². The van der Waals surface area contributed by atoms with Crippen molar-refractivity contribution in [2.24, 2.45) is 0 Å². The zero-order valence-electron chi connectivity index (χ0n) is 27.2. The Kier molecular flexibility index (Phi) is 8.33. The molecule has 3 unspecified atom stereocenters. The fraction of sp³-hybridized carbons (Fsp3) is 0.514. The largest absolute Gasteiger partial charge is 0.462 e. The van der Waals surface area contributed by atoms with Crippen LogP contribution in [0.4, 0.5) is 19.6 Å². The summed E-state index contributed by atoms with van der Waals surface area (Å²) in [5, 5.41) is 11.2. The van der Waals surface area contributed by atoms with Gasteiger partial charge in [0.15, 0.2) is 5.82 Å². The predicted molar refractivity (Wildman–Crippen MR) is 181 cm³/mol. The number of nitrogens with zero attached hydrogens (tertiary/aromatic N) is 6. The number of likely N-dealkylation sites (tertiary alicyclic amines) is 2. The topological polar surface area (TPSA) is 113 Å². The summed E-state index contributed by atoms with van der Waals surface area (Å²) in [7, 11) is 3.81. The summed E-state index contributed by atoms with van der Waals surface area (Å²) in [4.78, 5) is 16.9. The molecule has 0 aliphatic carbocycles. The lowest BCUT2D eigenvalue weighted by molar-refractivity contribution is 0.135. The van der Waals surface area contributed by atoms with E-state index in [1.807, 2.05) is 0 Å². The van der Waals surface area contributed by atoms with E-state index in [1.54, 1.807) is 13.2 Å². The number of halogens is 2. The molecular weight excluding hydrogens is 636 g/mol. The van der Waals surface area contributed by atoms with Crippen LogP contribution in [0.15, 0.2) is 12.1 Å². The van der Waals surface area contributed by atoms with Gasteiger partial charge in [0.2, 0.25) is 0 Å². The van der Waals surface area contributed by atoms with E-state index < -0.39 is 11.6 Å². The van der Waals surface area contributed by atoms with Gasteiger partial charge in [-0.25, -0.2) is 8.78 Å². The van der Waals surface area contributed by atoms with Crippen molar-refractivity contribution >= 4 is 43.1 Å². The van der Waals surface area contributed by atoms with Crippen molar-refractivity contribution in [3.8, 4) is 23.2 Å². The van der Waals surface area contributed by atoms with Crippen LogP contribution in [0.1, 0.15) is 48.8 Å². The molecule has 0 amide bonds. The molecule has 10 nitrogen and oxygen atoms in total. The fourth-order valence-corrected chi connectivity index (χ4v) is 9.28. The Morgan fingerprint density at radius 2 is 1.88 bits per heavy atom. The third-order valence-electron chi connectivity index (χ3n) is 10.7. The van der Waals surface area contributed by atoms with Crippen LogP contribution in [-0.2, 0) is 22.7 Å². The van der Waals surface area contributed by atoms with Gasteiger partial charge in [-0.1, -0.05) is 0 Å². The summed E-state index contributed by atoms with van der Waals surface area (Å²) < 4.78 is 51.6. The van der Waals surface area contributed by atoms with E-state index in [1.165, 1.54) is 17.4 Å². The van der Waals surface area contributed by atoms with Gasteiger partial charge in [-0.05, 0) is 69.0 Å². The first-order valence-electron chi connectivity index (χ1n) is 16.7. The summed E-state index contributed by atoms with van der Waals surface area (Å²) in [6, 6.07) is 5.73. The van der Waals surface area contributed by atoms with Gasteiger partial charge in [-0.15, -0.1) is 11.3 Å². The fourth-order valence-electron chi connectivity index (χ4n) is 8.36. The smallest absolute Gasteiger partial charge is 0.319 e. The molecule has 0 radical (unpaired) electrons. The van der Waals surface area contributed by atoms with Crippen LogP contribution >= 0.6 is 11.3 Å². The number of ether oxygens (including phenoxy) is 3. The molecule has 13 heteroatoms. The van der Waals surface area contributed by atoms with Crippen LogP contribution in [0.25, 0.3) is 32.1 Å². The Balaban J connectivity index is 1.31. The van der Waals surface area contributed by atoms with Crippen LogP contribution in [0.5, 0.6) is 6.01 Å². The van der Waals surface area contributed by atoms with E-state index in [2.05, 4.69) is 27.8 Å². The number of hydrogen-bond acceptors (Lipinski definition) is 11. The summed E-state index contributed by atoms with van der Waals surface area (Å²) in [6.07, 6.45) is 5.06. The van der Waals surface area contributed by atoms with Crippen molar-refractivity contribution in [3.05, 3.63) is 40.5 Å². The lowest BCUT2D eigenvalue weighted by Crippen LogP contribution is -2.54. The standard InChI is InChI=1S/C35H39F2N7O3S/c1-42-10-3-5-21(42)16-47-35-40-32-29(34(41-35)44-19-6-7-20(44)15-43(14-19)11-4-12-45-2)24-18-46-17-23(24)28(31(32)37)30-25(36)8-9-26-27(30)22(13-38)33(39)48-26/h8-9,19-21H,3-7,10-12,14-18,39H2,1-2H3. The molecule has 3 saturated heterocycles. The van der Waals surface area contributed by atoms with E-state index in [4.69, 9.17) is 29.9 Å². The number of benzene rings is 2. The number of thiophene rings is 1. The molecule has 4 aromatic rings. The van der Waals surface area contributed by atoms with E-state index >= 15 is 8.78 Å². The Labute approximate surface area is 282 Å². The Bertz CT molecular complexity index is 1930. The van der Waals surface area contributed by atoms with Gasteiger partial charge in [0.1, 0.15) is 34.8 Å². The number of piperazine rings is 1. The molecule has 252 valence electrons. The molecule has 48 heavy (non-hydrogen) atoms. The lowest BCUT2D eigenvalue weighted by atomic mass is 9.90. The van der Waals surface area contributed by atoms with Gasteiger partial charge in [0.25, 0.3) is 0 Å². The SMILES string of the molecule is COCCCN1CC2CCC(C1)N2c1nc(OCC2CCCN2C)nc2c(F)c(-c3c(F)ccc4sc(N)c(C#N)c34)c3c(c12)COC3. The van der Waals surface area contributed by atoms with Crippen LogP contribution in [0.3, 0.4) is 0 Å². The highest BCUT2D eigenvalue weighted by Crippen LogP contribution is 2.49. The quantitative estimate of drug-likeness (QED) is 0.230. The number of hydrogen-bond donors (Lipinski definition) is 1. The normalized spacial score (nSPS) is 22.6. The van der Waals surface area contributed by atoms with Gasteiger partial charge in [-0.3, -0.25) is 4.90 Å². The number of nitriles is 1. The molecule has 2 N–H and O–H groups in total. The molecule has 3 atom stereocenters. The maximum absolute atomic E-state index is 17.4. The summed E-state index contributed by atoms with van der Waals surface area (Å²) in [5.74, 6) is -0.657. The highest BCUT2D eigenvalue weighted by Gasteiger charge is 2.43. The van der Waals surface area contributed by atoms with Crippen LogP contribution in [0, 0.1) is 23.0 Å². The van der Waals surface area contributed by atoms with Crippen molar-refractivity contribution in [1.29, 1.82) is 5.26 Å². The number of likely N-dealkylation sites (N-methyl/N-ethyl adjacent to an activating group) is 1. The highest BCUT2D eigenvalue weighted by molar-refractivity contribution is 7.23. The Morgan fingerprint density at radius 3 is 2.60 bits per heavy atom. The monoisotopic (exact) mass is 675 g/mol. The maximum atomic E-state index is 17.4. The number of nitrogen functional groups attached to an aromatic ring is 1. The van der Waals surface area contributed by atoms with Crippen molar-refractivity contribution in [2.75, 3.05) is 64.2 Å². The van der Waals surface area contributed by atoms with Crippen molar-refractivity contribution in [3.63, 3.8) is 0 Å². The molecule has 0 spiro atoms. The number of nitrogens with two attached hydrogens (primary N) is 1. The van der Waals surface area contributed by atoms with Crippen LogP contribution in [0.2, 0.25) is 0 Å². The molecule has 4 aliphatic heterocycles. The first-order valence-corrected chi connectivity index (χ1v) is 17.6. The maximum Gasteiger partial charge on any atom is 0.319 e. The van der Waals surface area contributed by atoms with Crippen LogP contribution in [-0.4, -0.2) is 91.4 Å². The molecule has 3 fully saturated rings. The average molecular weight is 676 g/mol. The third kappa shape index (κ3) is 5.16. The highest BCUT2D eigenvalue weighted by atomic mass is 32.1. The molecule has 4 aliphatic rings. The average Bonchev–Trinajstić information content (AvgIpc) is 3.85. The summed E-state index contributed by atoms with van der Waals surface area (Å²) in [6.45, 7) is 5.11. The van der Waals surface area contributed by atoms with E-state index in [-0.39, 0.29) is 64.6 Å². The number of methoxy groups -OCH3 is 1. The zero-order chi connectivity index (χ0) is 33.1. The number of rotatable bonds is 9. The van der Waals surface area contributed by atoms with Gasteiger partial charge in [-0.2, -0.15) is 15.2 Å². The van der Waals surface area contributed by atoms with Gasteiger partial charge >= 0.3 is 6.01 Å². The van der Waals surface area contributed by atoms with Crippen molar-refractivity contribution < 1.29 is 23.0 Å². The second-order valence-electron chi connectivity index (χ2n) is 13.4. The minimum absolute atomic E-state index is 0.0121. The molecule has 8 rings (SSSR count). The first-order chi connectivity index (χ1) is 23.4. The van der Waals surface area contributed by atoms with E-state index in [0.717, 1.165) is 70.5 Å². The van der Waals surface area contributed by atoms with E-state index in [0.29, 0.717) is 33.5 Å². The lowest BCUT2D eigenvalue weighted by Gasteiger charge is -2.42. The summed E-state index contributed by atoms with van der Waals surface area (Å²) >= 11 is 1.19. The Hall–Kier alpha value is -3.67. The molecule has 0 saturated carbocycles. The summed E-state index contributed by atoms with van der Waals surface area (Å²) in [5.41, 5.74) is 7.79. The third-order valence-corrected chi connectivity index (χ3v) is 11.6. The predicted octanol–water partition coefficient (Wildman–Crippen LogP) is 5.44. The zero-order valence-corrected chi connectivity index (χ0v) is 28.0. The second-order valence-corrected chi connectivity index (χ2v) is 14.5. The van der Waals surface area contributed by atoms with Gasteiger partial charge in [0, 0.05) is 72.7 Å². The van der Waals surface area contributed by atoms with Crippen molar-refractivity contribution in [1.82, 2.24) is 19.8 Å². The minimum Gasteiger partial charge on any atom is -0.462 e. The van der Waals surface area contributed by atoms with Crippen molar-refractivity contribution in [2.45, 2.75) is 63.4 Å². The molecule has 2 aromatic carbocycles. The number of fused-ring (bicyclic) bond motifs is 6. The molecule has 6 heterocycles. The number of anilines is 2. The minimum atomic E-state index is -0.675. The first kappa shape index (κ1) is 31.6. The molecule has 2 aromatic heterocycles. The van der Waals surface area contributed by atoms with E-state index in [9.17, 15) is 5.26 Å². The van der Waals surface area contributed by atoms with Crippen LogP contribution < -0.4 is 15.4 Å².